The molecule has 0 bridgehead atoms. The predicted octanol–water partition coefficient (Wildman–Crippen LogP) is 1.70. The number of hydrogen-bond donors (Lipinski definition) is 0. The van der Waals surface area contributed by atoms with Crippen LogP contribution in [-0.2, 0) is 0 Å². The Morgan fingerprint density at radius 1 is 1.47 bits per heavy atom. The molecule has 0 spiro atoms. The molecular formula is C12H14BNO. The fourth-order valence-corrected chi connectivity index (χ4v) is 1.30. The predicted molar refractivity (Wildman–Crippen MR) is 61.6 cm³/mol. The summed E-state index contributed by atoms with van der Waals surface area (Å²) in [5.41, 5.74) is 2.06. The molecule has 0 fully saturated rings. The van der Waals surface area contributed by atoms with Crippen molar-refractivity contribution < 1.29 is 4.74 Å². The topological polar surface area (TPSA) is 33.0 Å². The second kappa shape index (κ2) is 4.88. The zero-order valence-corrected chi connectivity index (χ0v) is 9.37. The zero-order valence-electron chi connectivity index (χ0n) is 9.37. The van der Waals surface area contributed by atoms with Crippen LogP contribution < -0.4 is 10.2 Å². The van der Waals surface area contributed by atoms with Crippen LogP contribution in [0.5, 0.6) is 5.75 Å². The minimum atomic E-state index is 0.429. The highest BCUT2D eigenvalue weighted by Gasteiger charge is 2.08. The van der Waals surface area contributed by atoms with Crippen LogP contribution in [0.25, 0.3) is 0 Å². The Morgan fingerprint density at radius 3 is 2.67 bits per heavy atom. The molecule has 2 radical (unpaired) electrons. The first-order valence-electron chi connectivity index (χ1n) is 4.97. The van der Waals surface area contributed by atoms with Gasteiger partial charge in [0.15, 0.2) is 0 Å². The molecule has 0 atom stereocenters. The maximum absolute atomic E-state index is 8.98. The van der Waals surface area contributed by atoms with Crippen LogP contribution in [0.3, 0.4) is 0 Å². The summed E-state index contributed by atoms with van der Waals surface area (Å²) in [6.07, 6.45) is 0. The Hall–Kier alpha value is -1.43. The van der Waals surface area contributed by atoms with E-state index in [1.807, 2.05) is 6.92 Å². The third-order valence-electron chi connectivity index (χ3n) is 2.01. The normalized spacial score (nSPS) is 10.1. The van der Waals surface area contributed by atoms with E-state index in [4.69, 9.17) is 17.8 Å². The standard InChI is InChI=1S/C12H14BNO/c1-8(2)7-15-12-5-10(13)4-9(3)11(12)6-14/h4-5,8H,7H2,1-3H3. The maximum atomic E-state index is 8.98. The number of hydrogen-bond acceptors (Lipinski definition) is 2. The van der Waals surface area contributed by atoms with E-state index in [-0.39, 0.29) is 0 Å². The van der Waals surface area contributed by atoms with E-state index in [2.05, 4.69) is 19.9 Å². The van der Waals surface area contributed by atoms with E-state index in [1.165, 1.54) is 0 Å². The molecule has 0 N–H and O–H groups in total. The Bertz CT molecular complexity index is 393. The first-order chi connectivity index (χ1) is 7.04. The summed E-state index contributed by atoms with van der Waals surface area (Å²) in [5, 5.41) is 8.98. The van der Waals surface area contributed by atoms with Crippen molar-refractivity contribution in [2.75, 3.05) is 6.61 Å². The number of rotatable bonds is 3. The van der Waals surface area contributed by atoms with E-state index in [1.54, 1.807) is 12.1 Å². The first kappa shape index (κ1) is 11.6. The van der Waals surface area contributed by atoms with Crippen molar-refractivity contribution in [1.82, 2.24) is 0 Å². The van der Waals surface area contributed by atoms with Crippen LogP contribution in [0.4, 0.5) is 0 Å². The lowest BCUT2D eigenvalue weighted by Gasteiger charge is -2.12. The molecule has 1 aromatic carbocycles. The van der Waals surface area contributed by atoms with Crippen LogP contribution >= 0.6 is 0 Å². The Kier molecular flexibility index (Phi) is 3.79. The van der Waals surface area contributed by atoms with Gasteiger partial charge >= 0.3 is 0 Å². The minimum Gasteiger partial charge on any atom is -0.492 e. The van der Waals surface area contributed by atoms with Crippen molar-refractivity contribution in [2.24, 2.45) is 5.92 Å². The zero-order chi connectivity index (χ0) is 11.4. The summed E-state index contributed by atoms with van der Waals surface area (Å²) in [6.45, 7) is 6.57. The molecule has 15 heavy (non-hydrogen) atoms. The lowest BCUT2D eigenvalue weighted by Crippen LogP contribution is -2.10. The van der Waals surface area contributed by atoms with Crippen LogP contribution in [0.15, 0.2) is 12.1 Å². The van der Waals surface area contributed by atoms with Gasteiger partial charge in [-0.3, -0.25) is 0 Å². The first-order valence-corrected chi connectivity index (χ1v) is 4.97. The van der Waals surface area contributed by atoms with Crippen LogP contribution in [0, 0.1) is 24.2 Å². The van der Waals surface area contributed by atoms with Gasteiger partial charge in [0, 0.05) is 0 Å². The molecule has 1 rings (SSSR count). The Balaban J connectivity index is 3.00. The lowest BCUT2D eigenvalue weighted by molar-refractivity contribution is 0.270. The van der Waals surface area contributed by atoms with E-state index in [9.17, 15) is 0 Å². The summed E-state index contributed by atoms with van der Waals surface area (Å²) in [6, 6.07) is 5.62. The van der Waals surface area contributed by atoms with Gasteiger partial charge in [-0.05, 0) is 24.5 Å². The van der Waals surface area contributed by atoms with Gasteiger partial charge in [0.25, 0.3) is 0 Å². The highest BCUT2D eigenvalue weighted by Crippen LogP contribution is 2.20. The molecule has 3 heteroatoms. The molecule has 0 unspecified atom stereocenters. The van der Waals surface area contributed by atoms with Crippen LogP contribution in [0.1, 0.15) is 25.0 Å². The van der Waals surface area contributed by atoms with Gasteiger partial charge in [0.1, 0.15) is 19.7 Å². The van der Waals surface area contributed by atoms with Crippen molar-refractivity contribution >= 4 is 13.3 Å². The maximum Gasteiger partial charge on any atom is 0.136 e. The molecule has 0 heterocycles. The fraction of sp³-hybridized carbons (Fsp3) is 0.417. The second-order valence-electron chi connectivity index (χ2n) is 4.03. The van der Waals surface area contributed by atoms with Gasteiger partial charge in [0.2, 0.25) is 0 Å². The lowest BCUT2D eigenvalue weighted by atomic mass is 9.92. The molecule has 0 aliphatic rings. The largest absolute Gasteiger partial charge is 0.492 e. The van der Waals surface area contributed by atoms with Crippen LogP contribution in [0.2, 0.25) is 0 Å². The van der Waals surface area contributed by atoms with Gasteiger partial charge in [-0.2, -0.15) is 5.26 Å². The molecule has 0 aromatic heterocycles. The number of aryl methyl sites for hydroxylation is 1. The SMILES string of the molecule is [B]c1cc(C)c(C#N)c(OCC(C)C)c1. The van der Waals surface area contributed by atoms with Crippen molar-refractivity contribution in [3.05, 3.63) is 23.3 Å². The van der Waals surface area contributed by atoms with E-state index >= 15 is 0 Å². The summed E-state index contributed by atoms with van der Waals surface area (Å²) in [7, 11) is 5.70. The van der Waals surface area contributed by atoms with Crippen molar-refractivity contribution in [3.8, 4) is 11.8 Å². The van der Waals surface area contributed by atoms with E-state index in [0.29, 0.717) is 29.3 Å². The van der Waals surface area contributed by atoms with E-state index in [0.717, 1.165) is 5.56 Å². The summed E-state index contributed by atoms with van der Waals surface area (Å²) in [4.78, 5) is 0. The highest BCUT2D eigenvalue weighted by atomic mass is 16.5. The van der Waals surface area contributed by atoms with Crippen molar-refractivity contribution in [2.45, 2.75) is 20.8 Å². The number of nitrogens with zero attached hydrogens (tertiary/aromatic N) is 1. The summed E-state index contributed by atoms with van der Waals surface area (Å²) < 4.78 is 5.55. The molecule has 76 valence electrons. The third kappa shape index (κ3) is 3.02. The molecular weight excluding hydrogens is 185 g/mol. The highest BCUT2D eigenvalue weighted by molar-refractivity contribution is 6.32. The molecule has 2 nitrogen and oxygen atoms in total. The van der Waals surface area contributed by atoms with E-state index < -0.39 is 0 Å². The molecule has 1 aromatic rings. The van der Waals surface area contributed by atoms with Crippen molar-refractivity contribution in [1.29, 1.82) is 5.26 Å². The van der Waals surface area contributed by atoms with Gasteiger partial charge < -0.3 is 4.74 Å². The molecule has 0 aliphatic heterocycles. The average molecular weight is 199 g/mol. The molecule has 0 saturated heterocycles. The van der Waals surface area contributed by atoms with Gasteiger partial charge in [-0.25, -0.2) is 0 Å². The Morgan fingerprint density at radius 2 is 2.13 bits per heavy atom. The monoisotopic (exact) mass is 199 g/mol. The quantitative estimate of drug-likeness (QED) is 0.694. The van der Waals surface area contributed by atoms with Crippen LogP contribution in [-0.4, -0.2) is 14.5 Å². The second-order valence-corrected chi connectivity index (χ2v) is 4.03. The Labute approximate surface area is 92.3 Å². The summed E-state index contributed by atoms with van der Waals surface area (Å²) >= 11 is 0. The number of benzene rings is 1. The fourth-order valence-electron chi connectivity index (χ4n) is 1.30. The average Bonchev–Trinajstić information content (AvgIpc) is 2.13. The minimum absolute atomic E-state index is 0.429. The number of nitriles is 1. The summed E-state index contributed by atoms with van der Waals surface area (Å²) in [5.74, 6) is 1.02. The van der Waals surface area contributed by atoms with Gasteiger partial charge in [-0.15, -0.1) is 0 Å². The number of ether oxygens (including phenoxy) is 1. The molecule has 0 saturated carbocycles. The molecule has 0 aliphatic carbocycles. The third-order valence-corrected chi connectivity index (χ3v) is 2.01. The van der Waals surface area contributed by atoms with Gasteiger partial charge in [-0.1, -0.05) is 25.4 Å². The molecule has 0 amide bonds. The van der Waals surface area contributed by atoms with Gasteiger partial charge in [0.05, 0.1) is 12.2 Å². The van der Waals surface area contributed by atoms with Crippen molar-refractivity contribution in [3.63, 3.8) is 0 Å². The smallest absolute Gasteiger partial charge is 0.136 e.